The van der Waals surface area contributed by atoms with Crippen molar-refractivity contribution in [3.8, 4) is 0 Å². The smallest absolute Gasteiger partial charge is 0.110 e. The number of aryl methyl sites for hydroxylation is 1. The lowest BCUT2D eigenvalue weighted by Gasteiger charge is -2.04. The fourth-order valence-corrected chi connectivity index (χ4v) is 2.65. The molecule has 0 saturated heterocycles. The maximum Gasteiger partial charge on any atom is 0.110 e. The van der Waals surface area contributed by atoms with Gasteiger partial charge in [0.1, 0.15) is 5.82 Å². The van der Waals surface area contributed by atoms with Crippen LogP contribution in [-0.2, 0) is 0 Å². The minimum absolute atomic E-state index is 0.360. The van der Waals surface area contributed by atoms with Gasteiger partial charge in [0.15, 0.2) is 0 Å². The summed E-state index contributed by atoms with van der Waals surface area (Å²) in [5.41, 5.74) is 9.44. The van der Waals surface area contributed by atoms with E-state index in [0.29, 0.717) is 12.0 Å². The van der Waals surface area contributed by atoms with Crippen LogP contribution in [-0.4, -0.2) is 16.0 Å². The van der Waals surface area contributed by atoms with Gasteiger partial charge >= 0.3 is 0 Å². The van der Waals surface area contributed by atoms with E-state index in [1.807, 2.05) is 0 Å². The molecule has 1 saturated carbocycles. The average molecular weight is 215 g/mol. The van der Waals surface area contributed by atoms with E-state index >= 15 is 0 Å². The Morgan fingerprint density at radius 1 is 1.38 bits per heavy atom. The molecule has 3 rings (SSSR count). The summed E-state index contributed by atoms with van der Waals surface area (Å²) in [6.45, 7) is 2.10. The van der Waals surface area contributed by atoms with Crippen molar-refractivity contribution in [1.29, 1.82) is 0 Å². The van der Waals surface area contributed by atoms with Crippen molar-refractivity contribution < 1.29 is 0 Å². The number of aromatic amines is 1. The molecular formula is C13H17N3. The molecule has 3 N–H and O–H groups in total. The quantitative estimate of drug-likeness (QED) is 0.767. The van der Waals surface area contributed by atoms with Gasteiger partial charge < -0.3 is 10.7 Å². The molecule has 3 nitrogen and oxygen atoms in total. The summed E-state index contributed by atoms with van der Waals surface area (Å²) in [7, 11) is 0. The second-order valence-electron chi connectivity index (χ2n) is 4.86. The molecule has 0 radical (unpaired) electrons. The van der Waals surface area contributed by atoms with Crippen LogP contribution < -0.4 is 5.73 Å². The highest BCUT2D eigenvalue weighted by Gasteiger charge is 2.25. The number of nitrogens with one attached hydrogen (secondary N) is 1. The highest BCUT2D eigenvalue weighted by Crippen LogP contribution is 2.33. The van der Waals surface area contributed by atoms with E-state index in [4.69, 9.17) is 10.7 Å². The summed E-state index contributed by atoms with van der Waals surface area (Å²) in [6, 6.07) is 6.63. The van der Waals surface area contributed by atoms with E-state index in [2.05, 4.69) is 30.1 Å². The van der Waals surface area contributed by atoms with E-state index in [1.165, 1.54) is 12.0 Å². The number of H-pyrrole nitrogens is 1. The zero-order chi connectivity index (χ0) is 11.1. The van der Waals surface area contributed by atoms with Crippen LogP contribution in [0.2, 0.25) is 0 Å². The van der Waals surface area contributed by atoms with E-state index in [0.717, 1.165) is 29.7 Å². The molecule has 1 fully saturated rings. The van der Waals surface area contributed by atoms with Gasteiger partial charge in [0.2, 0.25) is 0 Å². The maximum absolute atomic E-state index is 5.94. The zero-order valence-corrected chi connectivity index (χ0v) is 9.53. The van der Waals surface area contributed by atoms with Crippen molar-refractivity contribution >= 4 is 11.0 Å². The van der Waals surface area contributed by atoms with Gasteiger partial charge in [-0.1, -0.05) is 12.1 Å². The number of fused-ring (bicyclic) bond motifs is 1. The van der Waals surface area contributed by atoms with Gasteiger partial charge in [0.05, 0.1) is 11.0 Å². The minimum atomic E-state index is 0.360. The lowest BCUT2D eigenvalue weighted by molar-refractivity contribution is 0.651. The van der Waals surface area contributed by atoms with Crippen LogP contribution in [0.3, 0.4) is 0 Å². The molecule has 84 valence electrons. The highest BCUT2D eigenvalue weighted by molar-refractivity contribution is 5.78. The van der Waals surface area contributed by atoms with Crippen molar-refractivity contribution in [2.45, 2.75) is 38.1 Å². The lowest BCUT2D eigenvalue weighted by Crippen LogP contribution is -2.14. The molecule has 16 heavy (non-hydrogen) atoms. The Balaban J connectivity index is 2.02. The largest absolute Gasteiger partial charge is 0.342 e. The van der Waals surface area contributed by atoms with E-state index in [9.17, 15) is 0 Å². The van der Waals surface area contributed by atoms with E-state index < -0.39 is 0 Å². The number of nitrogens with zero attached hydrogens (tertiary/aromatic N) is 1. The molecule has 0 aliphatic heterocycles. The van der Waals surface area contributed by atoms with Crippen molar-refractivity contribution in [3.05, 3.63) is 29.6 Å². The highest BCUT2D eigenvalue weighted by atomic mass is 14.9. The SMILES string of the molecule is Cc1cccc2[nH]c(C3CCC(N)C3)nc12. The van der Waals surface area contributed by atoms with Gasteiger partial charge in [0, 0.05) is 12.0 Å². The molecule has 3 heteroatoms. The van der Waals surface area contributed by atoms with Gasteiger partial charge in [-0.05, 0) is 37.8 Å². The Bertz CT molecular complexity index is 515. The Hall–Kier alpha value is -1.35. The summed E-state index contributed by atoms with van der Waals surface area (Å²) in [5.74, 6) is 1.65. The summed E-state index contributed by atoms with van der Waals surface area (Å²) < 4.78 is 0. The molecule has 2 aromatic rings. The number of imidazole rings is 1. The first-order valence-corrected chi connectivity index (χ1v) is 5.95. The molecule has 2 unspecified atom stereocenters. The van der Waals surface area contributed by atoms with Crippen LogP contribution in [0.5, 0.6) is 0 Å². The van der Waals surface area contributed by atoms with E-state index in [-0.39, 0.29) is 0 Å². The third kappa shape index (κ3) is 1.52. The number of aromatic nitrogens is 2. The van der Waals surface area contributed by atoms with Gasteiger partial charge in [-0.15, -0.1) is 0 Å². The topological polar surface area (TPSA) is 54.7 Å². The first kappa shape index (κ1) is 9.85. The maximum atomic E-state index is 5.94. The predicted molar refractivity (Wildman–Crippen MR) is 65.4 cm³/mol. The molecule has 0 amide bonds. The zero-order valence-electron chi connectivity index (χ0n) is 9.53. The van der Waals surface area contributed by atoms with Crippen molar-refractivity contribution in [3.63, 3.8) is 0 Å². The molecule has 1 aromatic carbocycles. The Kier molecular flexibility index (Phi) is 2.21. The predicted octanol–water partition coefficient (Wildman–Crippen LogP) is 2.47. The van der Waals surface area contributed by atoms with Crippen LogP contribution in [0, 0.1) is 6.92 Å². The van der Waals surface area contributed by atoms with Crippen molar-refractivity contribution in [2.24, 2.45) is 5.73 Å². The normalized spacial score (nSPS) is 25.4. The molecular weight excluding hydrogens is 198 g/mol. The number of benzene rings is 1. The summed E-state index contributed by atoms with van der Waals surface area (Å²) in [6.07, 6.45) is 3.36. The molecule has 1 aromatic heterocycles. The first-order valence-electron chi connectivity index (χ1n) is 5.95. The molecule has 0 bridgehead atoms. The number of nitrogens with two attached hydrogens (primary N) is 1. The second kappa shape index (κ2) is 3.59. The van der Waals surface area contributed by atoms with Gasteiger partial charge in [-0.25, -0.2) is 4.98 Å². The first-order chi connectivity index (χ1) is 7.74. The number of rotatable bonds is 1. The Morgan fingerprint density at radius 3 is 2.94 bits per heavy atom. The van der Waals surface area contributed by atoms with Gasteiger partial charge in [-0.3, -0.25) is 0 Å². The molecule has 1 aliphatic carbocycles. The third-order valence-electron chi connectivity index (χ3n) is 3.59. The number of hydrogen-bond donors (Lipinski definition) is 2. The second-order valence-corrected chi connectivity index (χ2v) is 4.86. The Morgan fingerprint density at radius 2 is 2.25 bits per heavy atom. The molecule has 0 spiro atoms. The molecule has 2 atom stereocenters. The van der Waals surface area contributed by atoms with Crippen LogP contribution in [0.25, 0.3) is 11.0 Å². The fourth-order valence-electron chi connectivity index (χ4n) is 2.65. The third-order valence-corrected chi connectivity index (χ3v) is 3.59. The average Bonchev–Trinajstić information content (AvgIpc) is 2.84. The fraction of sp³-hybridized carbons (Fsp3) is 0.462. The van der Waals surface area contributed by atoms with Crippen LogP contribution >= 0.6 is 0 Å². The van der Waals surface area contributed by atoms with Crippen LogP contribution in [0.4, 0.5) is 0 Å². The van der Waals surface area contributed by atoms with Crippen LogP contribution in [0.15, 0.2) is 18.2 Å². The summed E-state index contributed by atoms with van der Waals surface area (Å²) in [5, 5.41) is 0. The molecule has 1 heterocycles. The lowest BCUT2D eigenvalue weighted by atomic mass is 10.1. The van der Waals surface area contributed by atoms with Gasteiger partial charge in [0.25, 0.3) is 0 Å². The van der Waals surface area contributed by atoms with E-state index in [1.54, 1.807) is 0 Å². The number of para-hydroxylation sites is 1. The summed E-state index contributed by atoms with van der Waals surface area (Å²) in [4.78, 5) is 8.15. The Labute approximate surface area is 95.1 Å². The molecule has 1 aliphatic rings. The van der Waals surface area contributed by atoms with Gasteiger partial charge in [-0.2, -0.15) is 0 Å². The number of hydrogen-bond acceptors (Lipinski definition) is 2. The monoisotopic (exact) mass is 215 g/mol. The summed E-state index contributed by atoms with van der Waals surface area (Å²) >= 11 is 0. The standard InChI is InChI=1S/C13H17N3/c1-8-3-2-4-11-12(8)16-13(15-11)9-5-6-10(14)7-9/h2-4,9-10H,5-7,14H2,1H3,(H,15,16). The van der Waals surface area contributed by atoms with Crippen molar-refractivity contribution in [1.82, 2.24) is 9.97 Å². The minimum Gasteiger partial charge on any atom is -0.342 e. The van der Waals surface area contributed by atoms with Crippen molar-refractivity contribution in [2.75, 3.05) is 0 Å². The van der Waals surface area contributed by atoms with Crippen LogP contribution in [0.1, 0.15) is 36.6 Å².